The lowest BCUT2D eigenvalue weighted by Crippen LogP contribution is -2.34. The number of aryl methyl sites for hydroxylation is 3. The highest BCUT2D eigenvalue weighted by Gasteiger charge is 2.22. The molecular weight excluding hydrogens is 254 g/mol. The van der Waals surface area contributed by atoms with E-state index in [9.17, 15) is 9.59 Å². The number of carbonyl (C=O) groups is 2. The van der Waals surface area contributed by atoms with Gasteiger partial charge < -0.3 is 5.32 Å². The van der Waals surface area contributed by atoms with Gasteiger partial charge in [-0.05, 0) is 31.9 Å². The van der Waals surface area contributed by atoms with Crippen LogP contribution in [0.25, 0.3) is 0 Å². The van der Waals surface area contributed by atoms with Crippen molar-refractivity contribution in [3.8, 4) is 0 Å². The summed E-state index contributed by atoms with van der Waals surface area (Å²) in [7, 11) is 1.57. The van der Waals surface area contributed by atoms with E-state index in [1.165, 1.54) is 10.6 Å². The van der Waals surface area contributed by atoms with Crippen LogP contribution in [0, 0.1) is 20.8 Å². The molecule has 1 aromatic carbocycles. The SMILES string of the molecule is Cc1cc(C)c(NC(=O)C2=NN(C)C(=O)CC2)c(C)c1. The zero-order valence-electron chi connectivity index (χ0n) is 12.3. The van der Waals surface area contributed by atoms with Gasteiger partial charge in [-0.2, -0.15) is 5.10 Å². The van der Waals surface area contributed by atoms with E-state index in [4.69, 9.17) is 0 Å². The Hall–Kier alpha value is -2.17. The van der Waals surface area contributed by atoms with Gasteiger partial charge in [-0.15, -0.1) is 0 Å². The number of anilines is 1. The number of benzene rings is 1. The lowest BCUT2D eigenvalue weighted by atomic mass is 10.0. The average molecular weight is 273 g/mol. The number of nitrogens with zero attached hydrogens (tertiary/aromatic N) is 2. The third kappa shape index (κ3) is 2.87. The second-order valence-corrected chi connectivity index (χ2v) is 5.19. The van der Waals surface area contributed by atoms with Gasteiger partial charge in [0.15, 0.2) is 0 Å². The first-order chi connectivity index (χ1) is 9.38. The van der Waals surface area contributed by atoms with Crippen LogP contribution in [-0.4, -0.2) is 29.6 Å². The molecular formula is C15H19N3O2. The molecule has 1 aliphatic rings. The van der Waals surface area contributed by atoms with Gasteiger partial charge in [0, 0.05) is 25.6 Å². The van der Waals surface area contributed by atoms with Crippen LogP contribution in [0.4, 0.5) is 5.69 Å². The number of carbonyl (C=O) groups excluding carboxylic acids is 2. The summed E-state index contributed by atoms with van der Waals surface area (Å²) in [6.45, 7) is 5.96. The highest BCUT2D eigenvalue weighted by atomic mass is 16.2. The topological polar surface area (TPSA) is 61.8 Å². The van der Waals surface area contributed by atoms with Crippen LogP contribution in [0.15, 0.2) is 17.2 Å². The highest BCUT2D eigenvalue weighted by molar-refractivity contribution is 6.43. The highest BCUT2D eigenvalue weighted by Crippen LogP contribution is 2.22. The lowest BCUT2D eigenvalue weighted by Gasteiger charge is -2.20. The largest absolute Gasteiger partial charge is 0.320 e. The number of hydrogen-bond acceptors (Lipinski definition) is 3. The molecule has 5 heteroatoms. The second-order valence-electron chi connectivity index (χ2n) is 5.19. The van der Waals surface area contributed by atoms with Crippen molar-refractivity contribution in [3.05, 3.63) is 28.8 Å². The summed E-state index contributed by atoms with van der Waals surface area (Å²) >= 11 is 0. The average Bonchev–Trinajstić information content (AvgIpc) is 2.36. The molecule has 20 heavy (non-hydrogen) atoms. The summed E-state index contributed by atoms with van der Waals surface area (Å²) in [6.07, 6.45) is 0.716. The fraction of sp³-hybridized carbons (Fsp3) is 0.400. The minimum Gasteiger partial charge on any atom is -0.320 e. The number of rotatable bonds is 2. The minimum absolute atomic E-state index is 0.0655. The summed E-state index contributed by atoms with van der Waals surface area (Å²) in [5, 5.41) is 8.16. The van der Waals surface area contributed by atoms with E-state index < -0.39 is 0 Å². The molecule has 2 amide bonds. The van der Waals surface area contributed by atoms with Gasteiger partial charge in [0.1, 0.15) is 5.71 Å². The Morgan fingerprint density at radius 1 is 1.20 bits per heavy atom. The predicted octanol–water partition coefficient (Wildman–Crippen LogP) is 2.16. The van der Waals surface area contributed by atoms with Crippen molar-refractivity contribution in [1.82, 2.24) is 5.01 Å². The third-order valence-corrected chi connectivity index (χ3v) is 3.38. The molecule has 1 heterocycles. The Kier molecular flexibility index (Phi) is 3.88. The Bertz CT molecular complexity index is 582. The normalized spacial score (nSPS) is 15.1. The molecule has 0 radical (unpaired) electrons. The van der Waals surface area contributed by atoms with Crippen molar-refractivity contribution in [2.24, 2.45) is 5.10 Å². The predicted molar refractivity (Wildman–Crippen MR) is 78.7 cm³/mol. The summed E-state index contributed by atoms with van der Waals surface area (Å²) in [5.74, 6) is -0.302. The van der Waals surface area contributed by atoms with Crippen LogP contribution >= 0.6 is 0 Å². The first-order valence-electron chi connectivity index (χ1n) is 6.61. The van der Waals surface area contributed by atoms with Crippen molar-refractivity contribution in [2.75, 3.05) is 12.4 Å². The zero-order valence-corrected chi connectivity index (χ0v) is 12.3. The van der Waals surface area contributed by atoms with Crippen LogP contribution in [0.3, 0.4) is 0 Å². The second kappa shape index (κ2) is 5.45. The lowest BCUT2D eigenvalue weighted by molar-refractivity contribution is -0.130. The summed E-state index contributed by atoms with van der Waals surface area (Å²) in [5.41, 5.74) is 4.43. The quantitative estimate of drug-likeness (QED) is 0.897. The third-order valence-electron chi connectivity index (χ3n) is 3.38. The van der Waals surface area contributed by atoms with Crippen LogP contribution in [0.1, 0.15) is 29.5 Å². The fourth-order valence-electron chi connectivity index (χ4n) is 2.40. The van der Waals surface area contributed by atoms with Crippen molar-refractivity contribution >= 4 is 23.2 Å². The zero-order chi connectivity index (χ0) is 14.9. The molecule has 0 saturated carbocycles. The molecule has 0 fully saturated rings. The molecule has 0 atom stereocenters. The molecule has 1 aliphatic heterocycles. The minimum atomic E-state index is -0.237. The number of hydrogen-bond donors (Lipinski definition) is 1. The summed E-state index contributed by atoms with van der Waals surface area (Å²) in [6, 6.07) is 4.06. The standard InChI is InChI=1S/C15H19N3O2/c1-9-7-10(2)14(11(3)8-9)16-15(20)12-5-6-13(19)18(4)17-12/h7-8H,5-6H2,1-4H3,(H,16,20). The maximum atomic E-state index is 12.2. The molecule has 106 valence electrons. The van der Waals surface area contributed by atoms with Crippen molar-refractivity contribution in [2.45, 2.75) is 33.6 Å². The van der Waals surface area contributed by atoms with Crippen LogP contribution < -0.4 is 5.32 Å². The van der Waals surface area contributed by atoms with Crippen molar-refractivity contribution in [1.29, 1.82) is 0 Å². The Balaban J connectivity index is 2.21. The van der Waals surface area contributed by atoms with Gasteiger partial charge >= 0.3 is 0 Å². The summed E-state index contributed by atoms with van der Waals surface area (Å²) < 4.78 is 0. The Labute approximate surface area is 118 Å². The monoisotopic (exact) mass is 273 g/mol. The molecule has 0 spiro atoms. The molecule has 5 nitrogen and oxygen atoms in total. The van der Waals surface area contributed by atoms with E-state index in [1.807, 2.05) is 32.9 Å². The molecule has 1 N–H and O–H groups in total. The maximum Gasteiger partial charge on any atom is 0.271 e. The van der Waals surface area contributed by atoms with Crippen LogP contribution in [0.5, 0.6) is 0 Å². The molecule has 0 unspecified atom stereocenters. The van der Waals surface area contributed by atoms with Crippen molar-refractivity contribution < 1.29 is 9.59 Å². The Morgan fingerprint density at radius 2 is 1.80 bits per heavy atom. The van der Waals surface area contributed by atoms with Gasteiger partial charge in [0.2, 0.25) is 5.91 Å². The number of amides is 2. The molecule has 1 aromatic rings. The van der Waals surface area contributed by atoms with Gasteiger partial charge in [0.05, 0.1) is 0 Å². The Morgan fingerprint density at radius 3 is 2.35 bits per heavy atom. The first kappa shape index (κ1) is 14.2. The smallest absolute Gasteiger partial charge is 0.271 e. The van der Waals surface area contributed by atoms with Crippen LogP contribution in [0.2, 0.25) is 0 Å². The van der Waals surface area contributed by atoms with Gasteiger partial charge in [0.25, 0.3) is 5.91 Å². The molecule has 0 aliphatic carbocycles. The molecule has 0 aromatic heterocycles. The van der Waals surface area contributed by atoms with E-state index in [0.717, 1.165) is 16.8 Å². The molecule has 0 saturated heterocycles. The summed E-state index contributed by atoms with van der Waals surface area (Å²) in [4.78, 5) is 23.6. The molecule has 2 rings (SSSR count). The van der Waals surface area contributed by atoms with E-state index in [1.54, 1.807) is 7.05 Å². The molecule has 0 bridgehead atoms. The fourth-order valence-corrected chi connectivity index (χ4v) is 2.40. The van der Waals surface area contributed by atoms with Gasteiger partial charge in [-0.25, -0.2) is 5.01 Å². The van der Waals surface area contributed by atoms with Gasteiger partial charge in [-0.3, -0.25) is 9.59 Å². The van der Waals surface area contributed by atoms with E-state index in [2.05, 4.69) is 10.4 Å². The van der Waals surface area contributed by atoms with Crippen LogP contribution in [-0.2, 0) is 9.59 Å². The maximum absolute atomic E-state index is 12.2. The van der Waals surface area contributed by atoms with E-state index in [0.29, 0.717) is 18.6 Å². The van der Waals surface area contributed by atoms with Crippen molar-refractivity contribution in [3.63, 3.8) is 0 Å². The number of nitrogens with one attached hydrogen (secondary N) is 1. The number of hydrazone groups is 1. The first-order valence-corrected chi connectivity index (χ1v) is 6.61. The van der Waals surface area contributed by atoms with Gasteiger partial charge in [-0.1, -0.05) is 17.7 Å². The van der Waals surface area contributed by atoms with E-state index >= 15 is 0 Å². The van der Waals surface area contributed by atoms with E-state index in [-0.39, 0.29) is 11.8 Å².